The summed E-state index contributed by atoms with van der Waals surface area (Å²) in [7, 11) is 0. The highest BCUT2D eigenvalue weighted by Crippen LogP contribution is 2.48. The predicted octanol–water partition coefficient (Wildman–Crippen LogP) is 4.32. The highest BCUT2D eigenvalue weighted by Gasteiger charge is 2.36. The zero-order valence-corrected chi connectivity index (χ0v) is 12.5. The van der Waals surface area contributed by atoms with Gasteiger partial charge in [-0.1, -0.05) is 24.3 Å². The number of benzene rings is 1. The topological polar surface area (TPSA) is 17.8 Å². The Morgan fingerprint density at radius 3 is 3.00 bits per heavy atom. The molecular formula is C18H16N2S. The molecule has 0 saturated heterocycles. The highest BCUT2D eigenvalue weighted by molar-refractivity contribution is 7.10. The van der Waals surface area contributed by atoms with E-state index in [2.05, 4.69) is 45.3 Å². The molecule has 2 aromatic heterocycles. The summed E-state index contributed by atoms with van der Waals surface area (Å²) >= 11 is 1.91. The first-order chi connectivity index (χ1) is 10.4. The molecule has 3 heterocycles. The van der Waals surface area contributed by atoms with Crippen LogP contribution in [0, 0.1) is 5.92 Å². The molecule has 1 aliphatic heterocycles. The molecule has 5 rings (SSSR count). The monoisotopic (exact) mass is 292 g/mol. The molecule has 2 aliphatic rings. The van der Waals surface area contributed by atoms with Crippen LogP contribution in [0.25, 0.3) is 11.3 Å². The lowest BCUT2D eigenvalue weighted by molar-refractivity contribution is 0.351. The third-order valence-corrected chi connectivity index (χ3v) is 6.02. The molecular weight excluding hydrogens is 276 g/mol. The molecule has 2 atom stereocenters. The fourth-order valence-electron chi connectivity index (χ4n) is 4.06. The van der Waals surface area contributed by atoms with Crippen LogP contribution in [-0.2, 0) is 12.8 Å². The number of rotatable bonds is 1. The van der Waals surface area contributed by atoms with Crippen LogP contribution in [-0.4, -0.2) is 9.55 Å². The molecule has 0 fully saturated rings. The number of aromatic nitrogens is 2. The Morgan fingerprint density at radius 2 is 2.05 bits per heavy atom. The van der Waals surface area contributed by atoms with E-state index in [9.17, 15) is 0 Å². The average Bonchev–Trinajstić information content (AvgIpc) is 3.19. The molecule has 0 radical (unpaired) electrons. The summed E-state index contributed by atoms with van der Waals surface area (Å²) in [6.45, 7) is 0. The van der Waals surface area contributed by atoms with Gasteiger partial charge in [-0.25, -0.2) is 4.98 Å². The normalized spacial score (nSPS) is 22.7. The van der Waals surface area contributed by atoms with E-state index >= 15 is 0 Å². The third-order valence-electron chi connectivity index (χ3n) is 5.04. The fraction of sp³-hybridized carbons (Fsp3) is 0.278. The van der Waals surface area contributed by atoms with Gasteiger partial charge in [-0.2, -0.15) is 0 Å². The van der Waals surface area contributed by atoms with Crippen LogP contribution in [0.3, 0.4) is 0 Å². The van der Waals surface area contributed by atoms with Gasteiger partial charge in [0, 0.05) is 10.4 Å². The quantitative estimate of drug-likeness (QED) is 0.653. The van der Waals surface area contributed by atoms with Gasteiger partial charge in [0.1, 0.15) is 0 Å². The molecule has 2 unspecified atom stereocenters. The van der Waals surface area contributed by atoms with Crippen LogP contribution in [0.15, 0.2) is 48.2 Å². The predicted molar refractivity (Wildman–Crippen MR) is 85.6 cm³/mol. The van der Waals surface area contributed by atoms with Crippen LogP contribution in [0.5, 0.6) is 0 Å². The molecule has 3 aromatic rings. The molecule has 0 bridgehead atoms. The van der Waals surface area contributed by atoms with Crippen molar-refractivity contribution < 1.29 is 0 Å². The lowest BCUT2D eigenvalue weighted by Crippen LogP contribution is -2.23. The van der Waals surface area contributed by atoms with Crippen molar-refractivity contribution in [1.29, 1.82) is 0 Å². The SMILES string of the molecule is c1ccc2c(c1)CCC(C1c3sccc3-c3cncn31)C2. The van der Waals surface area contributed by atoms with Crippen molar-refractivity contribution in [3.63, 3.8) is 0 Å². The Kier molecular flexibility index (Phi) is 2.41. The van der Waals surface area contributed by atoms with Gasteiger partial charge in [0.05, 0.1) is 24.3 Å². The van der Waals surface area contributed by atoms with Crippen molar-refractivity contribution in [2.75, 3.05) is 0 Å². The number of nitrogens with zero attached hydrogens (tertiary/aromatic N) is 2. The summed E-state index contributed by atoms with van der Waals surface area (Å²) in [5, 5.41) is 2.23. The molecule has 0 amide bonds. The second kappa shape index (κ2) is 4.31. The fourth-order valence-corrected chi connectivity index (χ4v) is 5.16. The van der Waals surface area contributed by atoms with Gasteiger partial charge in [0.2, 0.25) is 0 Å². The van der Waals surface area contributed by atoms with Crippen molar-refractivity contribution in [2.45, 2.75) is 25.3 Å². The average molecular weight is 292 g/mol. The van der Waals surface area contributed by atoms with Gasteiger partial charge >= 0.3 is 0 Å². The number of hydrogen-bond donors (Lipinski definition) is 0. The molecule has 0 N–H and O–H groups in total. The van der Waals surface area contributed by atoms with Crippen molar-refractivity contribution in [3.8, 4) is 11.3 Å². The minimum atomic E-state index is 0.492. The summed E-state index contributed by atoms with van der Waals surface area (Å²) in [5.41, 5.74) is 5.79. The Morgan fingerprint density at radius 1 is 1.14 bits per heavy atom. The lowest BCUT2D eigenvalue weighted by Gasteiger charge is -2.30. The molecule has 1 aromatic carbocycles. The van der Waals surface area contributed by atoms with Gasteiger partial charge in [-0.15, -0.1) is 11.3 Å². The molecule has 1 aliphatic carbocycles. The first-order valence-corrected chi connectivity index (χ1v) is 8.46. The van der Waals surface area contributed by atoms with E-state index < -0.39 is 0 Å². The number of thiophene rings is 1. The van der Waals surface area contributed by atoms with Crippen LogP contribution in [0.1, 0.15) is 28.5 Å². The van der Waals surface area contributed by atoms with E-state index in [-0.39, 0.29) is 0 Å². The second-order valence-electron chi connectivity index (χ2n) is 6.10. The van der Waals surface area contributed by atoms with E-state index in [1.165, 1.54) is 35.4 Å². The summed E-state index contributed by atoms with van der Waals surface area (Å²) in [6, 6.07) is 11.7. The van der Waals surface area contributed by atoms with Crippen molar-refractivity contribution in [2.24, 2.45) is 5.92 Å². The number of imidazole rings is 1. The minimum Gasteiger partial charge on any atom is -0.322 e. The standard InChI is InChI=1S/C18H16N2S/c1-2-4-13-9-14(6-5-12(13)3-1)17-18-15(7-8-21-18)16-10-19-11-20(16)17/h1-4,7-8,10-11,14,17H,5-6,9H2. The van der Waals surface area contributed by atoms with E-state index in [1.54, 1.807) is 11.1 Å². The minimum absolute atomic E-state index is 0.492. The Balaban J connectivity index is 1.58. The smallest absolute Gasteiger partial charge is 0.0957 e. The lowest BCUT2D eigenvalue weighted by atomic mass is 9.80. The van der Waals surface area contributed by atoms with Crippen LogP contribution < -0.4 is 0 Å². The molecule has 104 valence electrons. The third kappa shape index (κ3) is 1.61. The van der Waals surface area contributed by atoms with Gasteiger partial charge in [-0.3, -0.25) is 0 Å². The van der Waals surface area contributed by atoms with Gasteiger partial charge in [0.15, 0.2) is 0 Å². The maximum Gasteiger partial charge on any atom is 0.0957 e. The highest BCUT2D eigenvalue weighted by atomic mass is 32.1. The maximum absolute atomic E-state index is 4.38. The van der Waals surface area contributed by atoms with Crippen LogP contribution in [0.4, 0.5) is 0 Å². The van der Waals surface area contributed by atoms with Crippen LogP contribution in [0.2, 0.25) is 0 Å². The number of hydrogen-bond acceptors (Lipinski definition) is 2. The van der Waals surface area contributed by atoms with Gasteiger partial charge in [0.25, 0.3) is 0 Å². The molecule has 3 heteroatoms. The van der Waals surface area contributed by atoms with Crippen molar-refractivity contribution >= 4 is 11.3 Å². The van der Waals surface area contributed by atoms with E-state index in [4.69, 9.17) is 0 Å². The molecule has 0 spiro atoms. The summed E-state index contributed by atoms with van der Waals surface area (Å²) < 4.78 is 2.40. The summed E-state index contributed by atoms with van der Waals surface area (Å²) in [6.07, 6.45) is 7.71. The first-order valence-electron chi connectivity index (χ1n) is 7.58. The van der Waals surface area contributed by atoms with E-state index in [0.717, 1.165) is 0 Å². The first kappa shape index (κ1) is 11.8. The van der Waals surface area contributed by atoms with E-state index in [0.29, 0.717) is 12.0 Å². The zero-order chi connectivity index (χ0) is 13.8. The molecule has 0 saturated carbocycles. The summed E-state index contributed by atoms with van der Waals surface area (Å²) in [5.74, 6) is 0.688. The van der Waals surface area contributed by atoms with Gasteiger partial charge < -0.3 is 4.57 Å². The Labute approximate surface area is 128 Å². The largest absolute Gasteiger partial charge is 0.322 e. The second-order valence-corrected chi connectivity index (χ2v) is 7.05. The maximum atomic E-state index is 4.38. The zero-order valence-electron chi connectivity index (χ0n) is 11.7. The number of aryl methyl sites for hydroxylation is 1. The van der Waals surface area contributed by atoms with E-state index in [1.807, 2.05) is 23.9 Å². The number of fused-ring (bicyclic) bond motifs is 4. The van der Waals surface area contributed by atoms with Crippen LogP contribution >= 0.6 is 11.3 Å². The van der Waals surface area contributed by atoms with Gasteiger partial charge in [-0.05, 0) is 47.8 Å². The molecule has 2 nitrogen and oxygen atoms in total. The Hall–Kier alpha value is -1.87. The van der Waals surface area contributed by atoms with Crippen molar-refractivity contribution in [3.05, 3.63) is 64.2 Å². The summed E-state index contributed by atoms with van der Waals surface area (Å²) in [4.78, 5) is 5.92. The Bertz CT molecular complexity index is 774. The van der Waals surface area contributed by atoms with Crippen molar-refractivity contribution in [1.82, 2.24) is 9.55 Å². The molecule has 21 heavy (non-hydrogen) atoms.